The van der Waals surface area contributed by atoms with Crippen molar-refractivity contribution in [2.75, 3.05) is 18.0 Å². The number of hydrogen-bond acceptors (Lipinski definition) is 6. The molecule has 2 fully saturated rings. The fraction of sp³-hybridized carbons (Fsp3) is 0.333. The quantitative estimate of drug-likeness (QED) is 0.712. The van der Waals surface area contributed by atoms with Crippen molar-refractivity contribution < 1.29 is 4.74 Å². The summed E-state index contributed by atoms with van der Waals surface area (Å²) in [6.07, 6.45) is 6.49. The zero-order valence-electron chi connectivity index (χ0n) is 14.9. The van der Waals surface area contributed by atoms with Crippen molar-refractivity contribution >= 4 is 16.7 Å². The van der Waals surface area contributed by atoms with Gasteiger partial charge in [0.05, 0.1) is 23.8 Å². The molecule has 1 aliphatic heterocycles. The highest BCUT2D eigenvalue weighted by Crippen LogP contribution is 2.40. The van der Waals surface area contributed by atoms with E-state index in [1.54, 1.807) is 18.5 Å². The van der Waals surface area contributed by atoms with Crippen molar-refractivity contribution in [2.45, 2.75) is 31.3 Å². The molecule has 6 heteroatoms. The van der Waals surface area contributed by atoms with E-state index < -0.39 is 0 Å². The van der Waals surface area contributed by atoms with Crippen LogP contribution in [0.2, 0.25) is 0 Å². The van der Waals surface area contributed by atoms with Crippen LogP contribution in [0.15, 0.2) is 42.7 Å². The lowest BCUT2D eigenvalue weighted by Crippen LogP contribution is -2.26. The van der Waals surface area contributed by atoms with Crippen LogP contribution in [-0.2, 0) is 0 Å². The van der Waals surface area contributed by atoms with Crippen molar-refractivity contribution in [3.05, 3.63) is 54.1 Å². The predicted molar refractivity (Wildman–Crippen MR) is 102 cm³/mol. The van der Waals surface area contributed by atoms with Gasteiger partial charge in [-0.05, 0) is 31.0 Å². The Bertz CT molecular complexity index is 1040. The third-order valence-corrected chi connectivity index (χ3v) is 5.19. The van der Waals surface area contributed by atoms with Gasteiger partial charge in [0.1, 0.15) is 23.8 Å². The van der Waals surface area contributed by atoms with Crippen molar-refractivity contribution in [3.63, 3.8) is 0 Å². The molecule has 1 saturated carbocycles. The maximum absolute atomic E-state index is 9.24. The number of hydrogen-bond donors (Lipinski definition) is 0. The highest BCUT2D eigenvalue weighted by Gasteiger charge is 2.31. The van der Waals surface area contributed by atoms with Crippen LogP contribution in [0.25, 0.3) is 10.9 Å². The molecule has 3 heterocycles. The molecule has 0 N–H and O–H groups in total. The molecule has 2 aliphatic rings. The van der Waals surface area contributed by atoms with Gasteiger partial charge in [-0.15, -0.1) is 0 Å². The Morgan fingerprint density at radius 1 is 1.11 bits per heavy atom. The molecule has 1 atom stereocenters. The molecule has 1 aromatic carbocycles. The number of ether oxygens (including phenoxy) is 1. The normalized spacial score (nSPS) is 19.2. The maximum Gasteiger partial charge on any atom is 0.155 e. The maximum atomic E-state index is 9.24. The molecule has 1 aliphatic carbocycles. The zero-order chi connectivity index (χ0) is 18.2. The minimum Gasteiger partial charge on any atom is -0.485 e. The van der Waals surface area contributed by atoms with Gasteiger partial charge in [0, 0.05) is 30.5 Å². The Kier molecular flexibility index (Phi) is 3.86. The van der Waals surface area contributed by atoms with Gasteiger partial charge < -0.3 is 9.64 Å². The van der Waals surface area contributed by atoms with E-state index in [0.29, 0.717) is 17.2 Å². The first-order valence-corrected chi connectivity index (χ1v) is 9.34. The van der Waals surface area contributed by atoms with E-state index in [-0.39, 0.29) is 6.10 Å². The summed E-state index contributed by atoms with van der Waals surface area (Å²) in [6, 6.07) is 12.1. The molecule has 5 rings (SSSR count). The van der Waals surface area contributed by atoms with Gasteiger partial charge in [-0.25, -0.2) is 9.97 Å². The molecule has 27 heavy (non-hydrogen) atoms. The monoisotopic (exact) mass is 357 g/mol. The summed E-state index contributed by atoms with van der Waals surface area (Å²) in [4.78, 5) is 16.0. The molecule has 0 unspecified atom stereocenters. The first-order chi connectivity index (χ1) is 13.3. The molecule has 1 saturated heterocycles. The van der Waals surface area contributed by atoms with Crippen LogP contribution in [0.4, 0.5) is 5.82 Å². The first-order valence-electron chi connectivity index (χ1n) is 9.34. The molecule has 6 nitrogen and oxygen atoms in total. The number of nitrogens with zero attached hydrogens (tertiary/aromatic N) is 5. The fourth-order valence-electron chi connectivity index (χ4n) is 3.61. The Balaban J connectivity index is 1.42. The molecular formula is C21H19N5O. The summed E-state index contributed by atoms with van der Waals surface area (Å²) in [7, 11) is 0. The summed E-state index contributed by atoms with van der Waals surface area (Å²) in [5, 5.41) is 10.3. The molecule has 0 amide bonds. The summed E-state index contributed by atoms with van der Waals surface area (Å²) in [5.41, 5.74) is 1.53. The molecular weight excluding hydrogens is 338 g/mol. The van der Waals surface area contributed by atoms with Crippen LogP contribution in [0, 0.1) is 11.3 Å². The van der Waals surface area contributed by atoms with Crippen LogP contribution < -0.4 is 9.64 Å². The van der Waals surface area contributed by atoms with Gasteiger partial charge in [0.25, 0.3) is 0 Å². The highest BCUT2D eigenvalue weighted by molar-refractivity contribution is 5.89. The Morgan fingerprint density at radius 3 is 2.85 bits per heavy atom. The number of nitriles is 1. The number of anilines is 1. The molecule has 0 spiro atoms. The van der Waals surface area contributed by atoms with Crippen LogP contribution in [0.3, 0.4) is 0 Å². The lowest BCUT2D eigenvalue weighted by molar-refractivity contribution is 0.223. The lowest BCUT2D eigenvalue weighted by Gasteiger charge is -2.20. The van der Waals surface area contributed by atoms with Gasteiger partial charge in [-0.1, -0.05) is 12.1 Å². The second-order valence-corrected chi connectivity index (χ2v) is 7.16. The van der Waals surface area contributed by atoms with Gasteiger partial charge in [0.2, 0.25) is 0 Å². The molecule has 0 bridgehead atoms. The molecule has 3 aromatic rings. The average molecular weight is 357 g/mol. The van der Waals surface area contributed by atoms with Gasteiger partial charge in [0.15, 0.2) is 5.75 Å². The van der Waals surface area contributed by atoms with Gasteiger partial charge in [-0.2, -0.15) is 5.26 Å². The zero-order valence-corrected chi connectivity index (χ0v) is 14.9. The smallest absolute Gasteiger partial charge is 0.155 e. The average Bonchev–Trinajstić information content (AvgIpc) is 3.47. The van der Waals surface area contributed by atoms with E-state index in [2.05, 4.69) is 28.1 Å². The molecule has 134 valence electrons. The summed E-state index contributed by atoms with van der Waals surface area (Å²) >= 11 is 0. The van der Waals surface area contributed by atoms with Gasteiger partial charge in [-0.3, -0.25) is 4.98 Å². The van der Waals surface area contributed by atoms with E-state index in [9.17, 15) is 5.26 Å². The third kappa shape index (κ3) is 3.06. The van der Waals surface area contributed by atoms with Crippen LogP contribution in [0.1, 0.15) is 36.6 Å². The number of benzene rings is 1. The summed E-state index contributed by atoms with van der Waals surface area (Å²) < 4.78 is 6.08. The number of rotatable bonds is 4. The van der Waals surface area contributed by atoms with E-state index in [1.807, 2.05) is 12.1 Å². The molecule has 0 radical (unpaired) electrons. The summed E-state index contributed by atoms with van der Waals surface area (Å²) in [5.74, 6) is 3.03. The van der Waals surface area contributed by atoms with Crippen molar-refractivity contribution in [3.8, 4) is 11.8 Å². The number of pyridine rings is 1. The SMILES string of the molecule is N#Cc1ccncc1O[C@H]1CCN(c2nc(C3CC3)nc3ccccc23)C1. The van der Waals surface area contributed by atoms with Crippen LogP contribution in [0.5, 0.6) is 5.75 Å². The van der Waals surface area contributed by atoms with E-state index in [4.69, 9.17) is 14.7 Å². The van der Waals surface area contributed by atoms with Crippen molar-refractivity contribution in [2.24, 2.45) is 0 Å². The number of fused-ring (bicyclic) bond motifs is 1. The standard InChI is InChI=1S/C21H19N5O/c22-11-15-7-9-23-12-19(15)27-16-8-10-26(13-16)21-17-3-1-2-4-18(17)24-20(25-21)14-5-6-14/h1-4,7,9,12,14,16H,5-6,8,10,13H2/t16-/m0/s1. The predicted octanol–water partition coefficient (Wildman–Crippen LogP) is 3.43. The molecule has 2 aromatic heterocycles. The first kappa shape index (κ1) is 16.0. The van der Waals surface area contributed by atoms with Gasteiger partial charge >= 0.3 is 0 Å². The minimum absolute atomic E-state index is 0.0133. The van der Waals surface area contributed by atoms with Crippen molar-refractivity contribution in [1.82, 2.24) is 15.0 Å². The largest absolute Gasteiger partial charge is 0.485 e. The van der Waals surface area contributed by atoms with E-state index in [1.165, 1.54) is 12.8 Å². The summed E-state index contributed by atoms with van der Waals surface area (Å²) in [6.45, 7) is 1.61. The fourth-order valence-corrected chi connectivity index (χ4v) is 3.61. The van der Waals surface area contributed by atoms with Crippen LogP contribution >= 0.6 is 0 Å². The highest BCUT2D eigenvalue weighted by atomic mass is 16.5. The number of para-hydroxylation sites is 1. The number of aromatic nitrogens is 3. The van der Waals surface area contributed by atoms with Crippen LogP contribution in [-0.4, -0.2) is 34.1 Å². The Morgan fingerprint density at radius 2 is 2.00 bits per heavy atom. The van der Waals surface area contributed by atoms with Crippen molar-refractivity contribution in [1.29, 1.82) is 5.26 Å². The minimum atomic E-state index is 0.0133. The second kappa shape index (κ2) is 6.51. The lowest BCUT2D eigenvalue weighted by atomic mass is 10.2. The Labute approximate surface area is 157 Å². The van der Waals surface area contributed by atoms with E-state index >= 15 is 0 Å². The Hall–Kier alpha value is -3.20. The van der Waals surface area contributed by atoms with E-state index in [0.717, 1.165) is 42.1 Å². The topological polar surface area (TPSA) is 74.9 Å². The second-order valence-electron chi connectivity index (χ2n) is 7.16. The third-order valence-electron chi connectivity index (χ3n) is 5.19.